The van der Waals surface area contributed by atoms with E-state index in [1.165, 1.54) is 12.8 Å². The van der Waals surface area contributed by atoms with E-state index in [1.54, 1.807) is 0 Å². The summed E-state index contributed by atoms with van der Waals surface area (Å²) in [5.41, 5.74) is 1.11. The number of hydrogen-bond acceptors (Lipinski definition) is 4. The molecule has 1 N–H and O–H groups in total. The van der Waals surface area contributed by atoms with Crippen molar-refractivity contribution in [3.05, 3.63) is 35.9 Å². The first-order chi connectivity index (χ1) is 11.8. The number of carbonyl (C=O) groups excluding carboxylic acids is 1. The number of likely N-dealkylation sites (N-methyl/N-ethyl adjacent to an activating group) is 1. The van der Waals surface area contributed by atoms with Gasteiger partial charge in [0.05, 0.1) is 0 Å². The summed E-state index contributed by atoms with van der Waals surface area (Å²) in [7, 11) is 0. The Morgan fingerprint density at radius 3 is 2.62 bits per heavy atom. The molecule has 24 heavy (non-hydrogen) atoms. The van der Waals surface area contributed by atoms with Crippen molar-refractivity contribution < 1.29 is 4.79 Å². The Bertz CT molecular complexity index is 515. The maximum Gasteiger partial charge on any atom is 0.242 e. The largest absolute Gasteiger partial charge is 0.353 e. The number of carbonyl (C=O) groups is 1. The standard InChI is InChI=1S/C19H29N3OS/c1-2-21(17-8-9-17)11-10-20-19(23)18(16-6-4-3-5-7-16)22-12-14-24-15-13-22/h3-7,17-18H,2,8-15H2,1H3,(H,20,23). The van der Waals surface area contributed by atoms with Crippen LogP contribution in [0.4, 0.5) is 0 Å². The lowest BCUT2D eigenvalue weighted by atomic mass is 10.0. The molecule has 1 aliphatic carbocycles. The lowest BCUT2D eigenvalue weighted by Gasteiger charge is -2.33. The van der Waals surface area contributed by atoms with Crippen molar-refractivity contribution in [2.75, 3.05) is 44.2 Å². The van der Waals surface area contributed by atoms with Gasteiger partial charge < -0.3 is 5.32 Å². The Morgan fingerprint density at radius 1 is 1.29 bits per heavy atom. The number of nitrogens with one attached hydrogen (secondary N) is 1. The van der Waals surface area contributed by atoms with Crippen LogP contribution in [0.2, 0.25) is 0 Å². The Kier molecular flexibility index (Phi) is 6.58. The van der Waals surface area contributed by atoms with Gasteiger partial charge in [-0.15, -0.1) is 0 Å². The second-order valence-electron chi connectivity index (χ2n) is 6.61. The van der Waals surface area contributed by atoms with E-state index in [0.29, 0.717) is 0 Å². The summed E-state index contributed by atoms with van der Waals surface area (Å²) in [5, 5.41) is 3.20. The molecule has 0 aromatic heterocycles. The molecule has 1 saturated carbocycles. The predicted octanol–water partition coefficient (Wildman–Crippen LogP) is 2.38. The molecule has 3 rings (SSSR count). The van der Waals surface area contributed by atoms with Crippen LogP contribution in [0.15, 0.2) is 30.3 Å². The first-order valence-corrected chi connectivity index (χ1v) is 10.3. The van der Waals surface area contributed by atoms with Gasteiger partial charge in [0.15, 0.2) is 0 Å². The average molecular weight is 348 g/mol. The van der Waals surface area contributed by atoms with Gasteiger partial charge in [-0.2, -0.15) is 11.8 Å². The molecule has 1 aromatic rings. The maximum atomic E-state index is 12.9. The summed E-state index contributed by atoms with van der Waals surface area (Å²) in [4.78, 5) is 17.7. The molecule has 2 aliphatic rings. The van der Waals surface area contributed by atoms with Crippen molar-refractivity contribution in [1.82, 2.24) is 15.1 Å². The van der Waals surface area contributed by atoms with Crippen LogP contribution in [-0.4, -0.2) is 66.0 Å². The molecule has 4 nitrogen and oxygen atoms in total. The van der Waals surface area contributed by atoms with E-state index in [-0.39, 0.29) is 11.9 Å². The number of rotatable bonds is 8. The third-order valence-electron chi connectivity index (χ3n) is 4.94. The SMILES string of the molecule is CCN(CCNC(=O)C(c1ccccc1)N1CCSCC1)C1CC1. The summed E-state index contributed by atoms with van der Waals surface area (Å²) in [6, 6.07) is 10.8. The highest BCUT2D eigenvalue weighted by atomic mass is 32.2. The lowest BCUT2D eigenvalue weighted by molar-refractivity contribution is -0.126. The van der Waals surface area contributed by atoms with Crippen LogP contribution in [0.25, 0.3) is 0 Å². The van der Waals surface area contributed by atoms with Crippen molar-refractivity contribution in [3.63, 3.8) is 0 Å². The van der Waals surface area contributed by atoms with Crippen molar-refractivity contribution >= 4 is 17.7 Å². The summed E-state index contributed by atoms with van der Waals surface area (Å²) in [5.74, 6) is 2.38. The highest BCUT2D eigenvalue weighted by Crippen LogP contribution is 2.26. The zero-order valence-electron chi connectivity index (χ0n) is 14.6. The summed E-state index contributed by atoms with van der Waals surface area (Å²) >= 11 is 1.98. The van der Waals surface area contributed by atoms with E-state index in [4.69, 9.17) is 0 Å². The van der Waals surface area contributed by atoms with E-state index in [2.05, 4.69) is 34.2 Å². The molecule has 0 bridgehead atoms. The normalized spacial score (nSPS) is 20.1. The number of thioether (sulfide) groups is 1. The van der Waals surface area contributed by atoms with Crippen LogP contribution in [-0.2, 0) is 4.79 Å². The molecule has 2 fully saturated rings. The fourth-order valence-corrected chi connectivity index (χ4v) is 4.39. The van der Waals surface area contributed by atoms with Gasteiger partial charge in [-0.05, 0) is 24.9 Å². The van der Waals surface area contributed by atoms with Crippen LogP contribution < -0.4 is 5.32 Å². The van der Waals surface area contributed by atoms with Gasteiger partial charge in [0, 0.05) is 43.7 Å². The molecular formula is C19H29N3OS. The van der Waals surface area contributed by atoms with Gasteiger partial charge in [-0.3, -0.25) is 14.6 Å². The van der Waals surface area contributed by atoms with Crippen LogP contribution >= 0.6 is 11.8 Å². The van der Waals surface area contributed by atoms with Gasteiger partial charge in [0.25, 0.3) is 0 Å². The van der Waals surface area contributed by atoms with Crippen molar-refractivity contribution in [3.8, 4) is 0 Å². The van der Waals surface area contributed by atoms with Gasteiger partial charge in [0.1, 0.15) is 6.04 Å². The monoisotopic (exact) mass is 347 g/mol. The maximum absolute atomic E-state index is 12.9. The van der Waals surface area contributed by atoms with E-state index in [9.17, 15) is 4.79 Å². The van der Waals surface area contributed by atoms with Gasteiger partial charge in [0.2, 0.25) is 5.91 Å². The van der Waals surface area contributed by atoms with Gasteiger partial charge in [-0.25, -0.2) is 0 Å². The third kappa shape index (κ3) is 4.74. The first kappa shape index (κ1) is 17.8. The molecule has 1 saturated heterocycles. The second-order valence-corrected chi connectivity index (χ2v) is 7.84. The van der Waals surface area contributed by atoms with E-state index in [1.807, 2.05) is 30.0 Å². The minimum absolute atomic E-state index is 0.150. The average Bonchev–Trinajstić information content (AvgIpc) is 3.46. The molecule has 1 amide bonds. The van der Waals surface area contributed by atoms with Crippen molar-refractivity contribution in [2.24, 2.45) is 0 Å². The zero-order valence-corrected chi connectivity index (χ0v) is 15.4. The molecule has 0 spiro atoms. The van der Waals surface area contributed by atoms with Crippen LogP contribution in [0.3, 0.4) is 0 Å². The summed E-state index contributed by atoms with van der Waals surface area (Å²) < 4.78 is 0. The van der Waals surface area contributed by atoms with Gasteiger partial charge in [-0.1, -0.05) is 37.3 Å². The van der Waals surface area contributed by atoms with E-state index in [0.717, 1.165) is 55.8 Å². The number of hydrogen-bond donors (Lipinski definition) is 1. The van der Waals surface area contributed by atoms with Gasteiger partial charge >= 0.3 is 0 Å². The Morgan fingerprint density at radius 2 is 2.00 bits per heavy atom. The molecule has 1 aromatic carbocycles. The topological polar surface area (TPSA) is 35.6 Å². The predicted molar refractivity (Wildman–Crippen MR) is 101 cm³/mol. The minimum Gasteiger partial charge on any atom is -0.353 e. The molecule has 1 heterocycles. The van der Waals surface area contributed by atoms with Crippen LogP contribution in [0.1, 0.15) is 31.4 Å². The quantitative estimate of drug-likeness (QED) is 0.783. The minimum atomic E-state index is -0.150. The first-order valence-electron chi connectivity index (χ1n) is 9.18. The number of benzene rings is 1. The fraction of sp³-hybridized carbons (Fsp3) is 0.632. The molecule has 1 atom stereocenters. The molecule has 1 unspecified atom stereocenters. The molecule has 5 heteroatoms. The van der Waals surface area contributed by atoms with Crippen LogP contribution in [0.5, 0.6) is 0 Å². The summed E-state index contributed by atoms with van der Waals surface area (Å²) in [6.45, 7) is 6.96. The second kappa shape index (κ2) is 8.88. The highest BCUT2D eigenvalue weighted by molar-refractivity contribution is 7.99. The fourth-order valence-electron chi connectivity index (χ4n) is 3.46. The Hall–Kier alpha value is -1.04. The smallest absolute Gasteiger partial charge is 0.242 e. The summed E-state index contributed by atoms with van der Waals surface area (Å²) in [6.07, 6.45) is 2.64. The number of nitrogens with zero attached hydrogens (tertiary/aromatic N) is 2. The lowest BCUT2D eigenvalue weighted by Crippen LogP contribution is -2.45. The Labute approximate surface area is 150 Å². The van der Waals surface area contributed by atoms with E-state index >= 15 is 0 Å². The Balaban J connectivity index is 1.60. The highest BCUT2D eigenvalue weighted by Gasteiger charge is 2.30. The molecule has 1 aliphatic heterocycles. The van der Waals surface area contributed by atoms with E-state index < -0.39 is 0 Å². The zero-order chi connectivity index (χ0) is 16.8. The van der Waals surface area contributed by atoms with Crippen LogP contribution in [0, 0.1) is 0 Å². The molecule has 132 valence electrons. The van der Waals surface area contributed by atoms with Crippen molar-refractivity contribution in [2.45, 2.75) is 31.8 Å². The van der Waals surface area contributed by atoms with Crippen molar-refractivity contribution in [1.29, 1.82) is 0 Å². The molecular weight excluding hydrogens is 318 g/mol. The third-order valence-corrected chi connectivity index (χ3v) is 5.88. The molecule has 0 radical (unpaired) electrons. The number of amides is 1.